The Morgan fingerprint density at radius 1 is 1.26 bits per heavy atom. The van der Waals surface area contributed by atoms with Crippen molar-refractivity contribution in [2.75, 3.05) is 13.7 Å². The average molecular weight is 372 g/mol. The summed E-state index contributed by atoms with van der Waals surface area (Å²) >= 11 is 0. The van der Waals surface area contributed by atoms with Crippen LogP contribution in [0, 0.1) is 23.2 Å². The van der Waals surface area contributed by atoms with Crippen molar-refractivity contribution in [1.29, 1.82) is 0 Å². The number of hydrogen-bond acceptors (Lipinski definition) is 5. The van der Waals surface area contributed by atoms with Crippen LogP contribution in [0.25, 0.3) is 0 Å². The van der Waals surface area contributed by atoms with Gasteiger partial charge in [-0.05, 0) is 24.3 Å². The van der Waals surface area contributed by atoms with Gasteiger partial charge in [0.2, 0.25) is 0 Å². The summed E-state index contributed by atoms with van der Waals surface area (Å²) in [5.74, 6) is -2.12. The molecule has 5 heteroatoms. The number of carbonyl (C=O) groups is 2. The SMILES string of the molecule is COC(=O)[C@@]1(OCc2ccccc2)OC[C@]23CCCC[C@@H]2CC(=O)[C@H](C)[C@H]13. The molecule has 4 rings (SSSR count). The average Bonchev–Trinajstić information content (AvgIpc) is 3.04. The van der Waals surface area contributed by atoms with Gasteiger partial charge in [0, 0.05) is 23.7 Å². The van der Waals surface area contributed by atoms with Gasteiger partial charge in [0.15, 0.2) is 0 Å². The molecule has 0 bridgehead atoms. The van der Waals surface area contributed by atoms with E-state index in [1.54, 1.807) is 0 Å². The first-order chi connectivity index (χ1) is 13.0. The molecule has 5 nitrogen and oxygen atoms in total. The van der Waals surface area contributed by atoms with Crippen LogP contribution < -0.4 is 0 Å². The largest absolute Gasteiger partial charge is 0.465 e. The second kappa shape index (κ2) is 7.02. The predicted octanol–water partition coefficient (Wildman–Crippen LogP) is 3.50. The molecule has 1 aromatic carbocycles. The summed E-state index contributed by atoms with van der Waals surface area (Å²) in [7, 11) is 1.36. The molecule has 0 aromatic heterocycles. The first kappa shape index (κ1) is 18.6. The fourth-order valence-electron chi connectivity index (χ4n) is 5.77. The topological polar surface area (TPSA) is 61.8 Å². The van der Waals surface area contributed by atoms with Crippen LogP contribution >= 0.6 is 0 Å². The van der Waals surface area contributed by atoms with Gasteiger partial charge in [-0.1, -0.05) is 50.1 Å². The quantitative estimate of drug-likeness (QED) is 0.757. The summed E-state index contributed by atoms with van der Waals surface area (Å²) in [6.07, 6.45) is 4.84. The summed E-state index contributed by atoms with van der Waals surface area (Å²) < 4.78 is 17.5. The number of methoxy groups -OCH3 is 1. The molecule has 0 amide bonds. The van der Waals surface area contributed by atoms with E-state index in [0.717, 1.165) is 31.2 Å². The van der Waals surface area contributed by atoms with E-state index in [1.807, 2.05) is 37.3 Å². The highest BCUT2D eigenvalue weighted by Crippen LogP contribution is 2.62. The van der Waals surface area contributed by atoms with Gasteiger partial charge in [-0.2, -0.15) is 0 Å². The van der Waals surface area contributed by atoms with Crippen molar-refractivity contribution < 1.29 is 23.8 Å². The summed E-state index contributed by atoms with van der Waals surface area (Å²) in [6.45, 7) is 2.63. The molecule has 2 aliphatic carbocycles. The van der Waals surface area contributed by atoms with Gasteiger partial charge in [0.1, 0.15) is 5.78 Å². The number of hydrogen-bond donors (Lipinski definition) is 0. The first-order valence-corrected chi connectivity index (χ1v) is 9.96. The molecule has 5 atom stereocenters. The van der Waals surface area contributed by atoms with E-state index in [2.05, 4.69) is 0 Å². The van der Waals surface area contributed by atoms with E-state index in [1.165, 1.54) is 7.11 Å². The van der Waals surface area contributed by atoms with E-state index < -0.39 is 11.8 Å². The summed E-state index contributed by atoms with van der Waals surface area (Å²) in [5.41, 5.74) is 0.788. The molecule has 1 spiro atoms. The monoisotopic (exact) mass is 372 g/mol. The van der Waals surface area contributed by atoms with E-state index in [9.17, 15) is 9.59 Å². The zero-order chi connectivity index (χ0) is 19.1. The molecule has 1 aromatic rings. The molecule has 2 saturated carbocycles. The van der Waals surface area contributed by atoms with E-state index in [-0.39, 0.29) is 35.6 Å². The minimum atomic E-state index is -1.50. The molecular weight excluding hydrogens is 344 g/mol. The van der Waals surface area contributed by atoms with Gasteiger partial charge in [0.25, 0.3) is 5.79 Å². The molecule has 0 N–H and O–H groups in total. The molecule has 3 aliphatic rings. The number of carbonyl (C=O) groups excluding carboxylic acids is 2. The molecule has 1 aliphatic heterocycles. The van der Waals surface area contributed by atoms with Crippen LogP contribution in [-0.4, -0.2) is 31.3 Å². The lowest BCUT2D eigenvalue weighted by Gasteiger charge is -2.51. The fourth-order valence-corrected chi connectivity index (χ4v) is 5.77. The molecular formula is C22H28O5. The molecule has 0 radical (unpaired) electrons. The minimum Gasteiger partial charge on any atom is -0.465 e. The molecule has 27 heavy (non-hydrogen) atoms. The first-order valence-electron chi connectivity index (χ1n) is 9.96. The Morgan fingerprint density at radius 2 is 2.04 bits per heavy atom. The van der Waals surface area contributed by atoms with Crippen LogP contribution in [0.2, 0.25) is 0 Å². The van der Waals surface area contributed by atoms with Crippen LogP contribution in [-0.2, 0) is 30.4 Å². The lowest BCUT2D eigenvalue weighted by Crippen LogP contribution is -2.58. The lowest BCUT2D eigenvalue weighted by atomic mass is 9.51. The third kappa shape index (κ3) is 2.83. The molecule has 0 unspecified atom stereocenters. The normalized spacial score (nSPS) is 38.1. The number of esters is 1. The van der Waals surface area contributed by atoms with Crippen LogP contribution in [0.1, 0.15) is 44.6 Å². The van der Waals surface area contributed by atoms with Gasteiger partial charge in [-0.15, -0.1) is 0 Å². The highest BCUT2D eigenvalue weighted by atomic mass is 16.7. The van der Waals surface area contributed by atoms with Crippen molar-refractivity contribution in [2.24, 2.45) is 23.2 Å². The zero-order valence-electron chi connectivity index (χ0n) is 16.1. The van der Waals surface area contributed by atoms with Gasteiger partial charge < -0.3 is 14.2 Å². The van der Waals surface area contributed by atoms with Crippen LogP contribution in [0.5, 0.6) is 0 Å². The second-order valence-electron chi connectivity index (χ2n) is 8.33. The highest BCUT2D eigenvalue weighted by Gasteiger charge is 2.70. The van der Waals surface area contributed by atoms with Crippen molar-refractivity contribution in [3.63, 3.8) is 0 Å². The van der Waals surface area contributed by atoms with Crippen molar-refractivity contribution >= 4 is 11.8 Å². The van der Waals surface area contributed by atoms with Crippen LogP contribution in [0.4, 0.5) is 0 Å². The number of ketones is 1. The van der Waals surface area contributed by atoms with Crippen LogP contribution in [0.3, 0.4) is 0 Å². The number of Topliss-reactive ketones (excluding diaryl/α,β-unsaturated/α-hetero) is 1. The Balaban J connectivity index is 1.72. The third-order valence-electron chi connectivity index (χ3n) is 7.06. The Kier molecular flexibility index (Phi) is 4.85. The van der Waals surface area contributed by atoms with Gasteiger partial charge in [-0.3, -0.25) is 4.79 Å². The van der Waals surface area contributed by atoms with Gasteiger partial charge >= 0.3 is 5.97 Å². The van der Waals surface area contributed by atoms with Gasteiger partial charge in [0.05, 0.1) is 20.3 Å². The van der Waals surface area contributed by atoms with Crippen LogP contribution in [0.15, 0.2) is 30.3 Å². The Labute approximate surface area is 160 Å². The van der Waals surface area contributed by atoms with E-state index in [0.29, 0.717) is 13.0 Å². The minimum absolute atomic E-state index is 0.170. The van der Waals surface area contributed by atoms with Crippen molar-refractivity contribution in [3.8, 4) is 0 Å². The Bertz CT molecular complexity index is 717. The van der Waals surface area contributed by atoms with E-state index >= 15 is 0 Å². The lowest BCUT2D eigenvalue weighted by molar-refractivity contribution is -0.254. The smallest absolute Gasteiger partial charge is 0.366 e. The maximum absolute atomic E-state index is 13.0. The molecule has 3 fully saturated rings. The molecule has 1 heterocycles. The maximum atomic E-state index is 13.0. The highest BCUT2D eigenvalue weighted by molar-refractivity contribution is 5.86. The van der Waals surface area contributed by atoms with E-state index in [4.69, 9.17) is 14.2 Å². The van der Waals surface area contributed by atoms with Crippen molar-refractivity contribution in [2.45, 2.75) is 51.4 Å². The van der Waals surface area contributed by atoms with Crippen molar-refractivity contribution in [1.82, 2.24) is 0 Å². The Morgan fingerprint density at radius 3 is 2.78 bits per heavy atom. The Hall–Kier alpha value is -1.72. The fraction of sp³-hybridized carbons (Fsp3) is 0.636. The standard InChI is InChI=1S/C22H28O5/c1-15-18(23)12-17-10-6-7-11-21(17)14-27-22(19(15)21,20(24)25-2)26-13-16-8-4-3-5-9-16/h3-5,8-9,15,17,19H,6-7,10-14H2,1-2H3/t15-,17+,19-,21+,22-/m0/s1. The molecule has 1 saturated heterocycles. The predicted molar refractivity (Wildman–Crippen MR) is 98.6 cm³/mol. The van der Waals surface area contributed by atoms with Crippen molar-refractivity contribution in [3.05, 3.63) is 35.9 Å². The summed E-state index contributed by atoms with van der Waals surface area (Å²) in [4.78, 5) is 25.8. The number of rotatable bonds is 4. The zero-order valence-corrected chi connectivity index (χ0v) is 16.1. The third-order valence-corrected chi connectivity index (χ3v) is 7.06. The maximum Gasteiger partial charge on any atom is 0.366 e. The number of benzene rings is 1. The van der Waals surface area contributed by atoms with Gasteiger partial charge in [-0.25, -0.2) is 4.79 Å². The second-order valence-corrected chi connectivity index (χ2v) is 8.33. The summed E-state index contributed by atoms with van der Waals surface area (Å²) in [6, 6.07) is 9.72. The number of ether oxygens (including phenoxy) is 3. The summed E-state index contributed by atoms with van der Waals surface area (Å²) in [5, 5.41) is 0. The molecule has 146 valence electrons.